The fourth-order valence-electron chi connectivity index (χ4n) is 1.98. The predicted octanol–water partition coefficient (Wildman–Crippen LogP) is 3.83. The molecule has 8 heteroatoms. The Hall–Kier alpha value is -3.03. The summed E-state index contributed by atoms with van der Waals surface area (Å²) in [6.07, 6.45) is -0.587. The minimum Gasteiger partial charge on any atom is -0.494 e. The lowest BCUT2D eigenvalue weighted by Gasteiger charge is -2.08. The molecule has 138 valence electrons. The van der Waals surface area contributed by atoms with Crippen LogP contribution in [0.15, 0.2) is 47.4 Å². The van der Waals surface area contributed by atoms with Gasteiger partial charge in [0.2, 0.25) is 5.91 Å². The summed E-state index contributed by atoms with van der Waals surface area (Å²) in [6, 6.07) is 7.53. The van der Waals surface area contributed by atoms with Crippen LogP contribution in [0, 0.1) is 0 Å². The third-order valence-corrected chi connectivity index (χ3v) is 3.27. The summed E-state index contributed by atoms with van der Waals surface area (Å²) >= 11 is 0. The van der Waals surface area contributed by atoms with Gasteiger partial charge in [0.1, 0.15) is 11.4 Å². The highest BCUT2D eigenvalue weighted by Gasteiger charge is 2.31. The summed E-state index contributed by atoms with van der Waals surface area (Å²) in [4.78, 5) is 25.4. The highest BCUT2D eigenvalue weighted by molar-refractivity contribution is 6.01. The Labute approximate surface area is 147 Å². The normalized spacial score (nSPS) is 11.5. The molecule has 26 heavy (non-hydrogen) atoms. The zero-order chi connectivity index (χ0) is 19.2. The van der Waals surface area contributed by atoms with Gasteiger partial charge in [-0.15, -0.1) is 0 Å². The molecule has 0 fully saturated rings. The Bertz CT molecular complexity index is 840. The van der Waals surface area contributed by atoms with Crippen LogP contribution in [0.3, 0.4) is 0 Å². The van der Waals surface area contributed by atoms with E-state index in [0.29, 0.717) is 30.2 Å². The number of anilines is 1. The van der Waals surface area contributed by atoms with Crippen molar-refractivity contribution in [1.82, 2.24) is 4.98 Å². The maximum Gasteiger partial charge on any atom is 0.417 e. The van der Waals surface area contributed by atoms with Crippen LogP contribution < -0.4 is 15.6 Å². The molecule has 1 amide bonds. The van der Waals surface area contributed by atoms with Gasteiger partial charge in [0.15, 0.2) is 0 Å². The minimum absolute atomic E-state index is 0.474. The number of aromatic amines is 1. The molecule has 1 heterocycles. The highest BCUT2D eigenvalue weighted by Crippen LogP contribution is 2.29. The molecule has 0 unspecified atom stereocenters. The zero-order valence-corrected chi connectivity index (χ0v) is 13.9. The molecule has 0 bridgehead atoms. The summed E-state index contributed by atoms with van der Waals surface area (Å²) < 4.78 is 43.4. The largest absolute Gasteiger partial charge is 0.494 e. The van der Waals surface area contributed by atoms with Crippen LogP contribution >= 0.6 is 0 Å². The van der Waals surface area contributed by atoms with Crippen molar-refractivity contribution in [3.63, 3.8) is 0 Å². The van der Waals surface area contributed by atoms with Crippen LogP contribution in [0.1, 0.15) is 24.5 Å². The van der Waals surface area contributed by atoms with Crippen molar-refractivity contribution in [2.75, 3.05) is 11.9 Å². The van der Waals surface area contributed by atoms with Crippen LogP contribution in [0.5, 0.6) is 5.75 Å². The number of benzene rings is 1. The Morgan fingerprint density at radius 3 is 2.58 bits per heavy atom. The number of carbonyl (C=O) groups is 1. The lowest BCUT2D eigenvalue weighted by atomic mass is 10.2. The zero-order valence-electron chi connectivity index (χ0n) is 13.9. The molecule has 0 saturated carbocycles. The number of hydrogen-bond acceptors (Lipinski definition) is 3. The van der Waals surface area contributed by atoms with Crippen molar-refractivity contribution in [2.45, 2.75) is 19.5 Å². The number of alkyl halides is 3. The van der Waals surface area contributed by atoms with Crippen LogP contribution in [0.2, 0.25) is 0 Å². The second kappa shape index (κ2) is 8.37. The van der Waals surface area contributed by atoms with E-state index in [9.17, 15) is 22.8 Å². The van der Waals surface area contributed by atoms with Gasteiger partial charge in [0.05, 0.1) is 12.2 Å². The van der Waals surface area contributed by atoms with E-state index < -0.39 is 28.9 Å². The monoisotopic (exact) mass is 366 g/mol. The Morgan fingerprint density at radius 2 is 1.96 bits per heavy atom. The first-order valence-electron chi connectivity index (χ1n) is 7.81. The summed E-state index contributed by atoms with van der Waals surface area (Å²) in [7, 11) is 0. The van der Waals surface area contributed by atoms with Crippen molar-refractivity contribution >= 4 is 17.7 Å². The topological polar surface area (TPSA) is 71.2 Å². The van der Waals surface area contributed by atoms with Gasteiger partial charge < -0.3 is 15.0 Å². The third kappa shape index (κ3) is 5.51. The summed E-state index contributed by atoms with van der Waals surface area (Å²) in [5.41, 5.74) is -1.66. The van der Waals surface area contributed by atoms with Gasteiger partial charge in [-0.25, -0.2) is 0 Å². The standard InChI is InChI=1S/C18H17F3N2O3/c1-2-9-26-14-6-3-12(4-7-14)5-8-16(24)23-15-10-13(18(19,20)21)11-22-17(15)25/h3-8,10-11H,2,9H2,1H3,(H,22,25)(H,23,24). The maximum atomic E-state index is 12.7. The average molecular weight is 366 g/mol. The number of ether oxygens (including phenoxy) is 1. The fraction of sp³-hybridized carbons (Fsp3) is 0.222. The van der Waals surface area contributed by atoms with E-state index in [1.54, 1.807) is 24.3 Å². The number of nitrogens with one attached hydrogen (secondary N) is 2. The molecule has 0 aliphatic heterocycles. The molecule has 2 aromatic rings. The van der Waals surface area contributed by atoms with E-state index >= 15 is 0 Å². The van der Waals surface area contributed by atoms with Gasteiger partial charge in [-0.1, -0.05) is 19.1 Å². The second-order valence-electron chi connectivity index (χ2n) is 5.37. The molecular weight excluding hydrogens is 349 g/mol. The van der Waals surface area contributed by atoms with Gasteiger partial charge >= 0.3 is 6.18 Å². The number of carbonyl (C=O) groups excluding carboxylic acids is 1. The molecule has 0 atom stereocenters. The number of rotatable bonds is 6. The average Bonchev–Trinajstić information content (AvgIpc) is 2.60. The minimum atomic E-state index is -4.62. The molecule has 2 rings (SSSR count). The van der Waals surface area contributed by atoms with E-state index in [1.165, 1.54) is 6.08 Å². The number of pyridine rings is 1. The smallest absolute Gasteiger partial charge is 0.417 e. The quantitative estimate of drug-likeness (QED) is 0.763. The number of halogens is 3. The van der Waals surface area contributed by atoms with Gasteiger partial charge in [-0.3, -0.25) is 9.59 Å². The highest BCUT2D eigenvalue weighted by atomic mass is 19.4. The summed E-state index contributed by atoms with van der Waals surface area (Å²) in [5.74, 6) is -0.0231. The first-order chi connectivity index (χ1) is 12.3. The van der Waals surface area contributed by atoms with E-state index in [4.69, 9.17) is 4.74 Å². The van der Waals surface area contributed by atoms with Gasteiger partial charge in [-0.05, 0) is 36.3 Å². The first kappa shape index (κ1) is 19.3. The number of hydrogen-bond donors (Lipinski definition) is 2. The molecule has 2 N–H and O–H groups in total. The van der Waals surface area contributed by atoms with Gasteiger partial charge in [0, 0.05) is 12.3 Å². The van der Waals surface area contributed by atoms with Crippen molar-refractivity contribution in [2.24, 2.45) is 0 Å². The molecule has 0 aliphatic carbocycles. The maximum absolute atomic E-state index is 12.7. The summed E-state index contributed by atoms with van der Waals surface area (Å²) in [5, 5.41) is 2.14. The fourth-order valence-corrected chi connectivity index (χ4v) is 1.98. The number of amides is 1. The number of aromatic nitrogens is 1. The Kier molecular flexibility index (Phi) is 6.21. The first-order valence-corrected chi connectivity index (χ1v) is 7.81. The van der Waals surface area contributed by atoms with Crippen LogP contribution in [0.4, 0.5) is 18.9 Å². The Morgan fingerprint density at radius 1 is 1.27 bits per heavy atom. The van der Waals surface area contributed by atoms with E-state index in [0.717, 1.165) is 12.5 Å². The molecule has 1 aromatic carbocycles. The van der Waals surface area contributed by atoms with Crippen molar-refractivity contribution < 1.29 is 22.7 Å². The van der Waals surface area contributed by atoms with Gasteiger partial charge in [0.25, 0.3) is 5.56 Å². The lowest BCUT2D eigenvalue weighted by molar-refractivity contribution is -0.137. The van der Waals surface area contributed by atoms with Crippen LogP contribution in [-0.2, 0) is 11.0 Å². The molecule has 0 aliphatic rings. The molecule has 0 spiro atoms. The van der Waals surface area contributed by atoms with Crippen LogP contribution in [-0.4, -0.2) is 17.5 Å². The van der Waals surface area contributed by atoms with E-state index in [-0.39, 0.29) is 0 Å². The van der Waals surface area contributed by atoms with E-state index in [1.807, 2.05) is 11.9 Å². The summed E-state index contributed by atoms with van der Waals surface area (Å²) in [6.45, 7) is 2.59. The van der Waals surface area contributed by atoms with Gasteiger partial charge in [-0.2, -0.15) is 13.2 Å². The predicted molar refractivity (Wildman–Crippen MR) is 92.0 cm³/mol. The molecule has 1 aromatic heterocycles. The van der Waals surface area contributed by atoms with Crippen molar-refractivity contribution in [3.8, 4) is 5.75 Å². The molecule has 0 saturated heterocycles. The third-order valence-electron chi connectivity index (χ3n) is 3.27. The second-order valence-corrected chi connectivity index (χ2v) is 5.37. The van der Waals surface area contributed by atoms with Crippen molar-refractivity contribution in [1.29, 1.82) is 0 Å². The molecular formula is C18H17F3N2O3. The lowest BCUT2D eigenvalue weighted by Crippen LogP contribution is -2.20. The van der Waals surface area contributed by atoms with Crippen molar-refractivity contribution in [3.05, 3.63) is 64.1 Å². The molecule has 5 nitrogen and oxygen atoms in total. The molecule has 0 radical (unpaired) electrons. The Balaban J connectivity index is 2.04. The van der Waals surface area contributed by atoms with E-state index in [2.05, 4.69) is 5.32 Å². The number of H-pyrrole nitrogens is 1. The van der Waals surface area contributed by atoms with Crippen LogP contribution in [0.25, 0.3) is 6.08 Å². The SMILES string of the molecule is CCCOc1ccc(C=CC(=O)Nc2cc(C(F)(F)F)c[nH]c2=O)cc1.